The molecular formula is C25H44N7O6. The van der Waals surface area contributed by atoms with Gasteiger partial charge in [0.1, 0.15) is 18.1 Å². The first-order valence-corrected chi connectivity index (χ1v) is 13.2. The van der Waals surface area contributed by atoms with E-state index in [2.05, 4.69) is 16.0 Å². The Bertz CT molecular complexity index is 850. The van der Waals surface area contributed by atoms with Gasteiger partial charge in [0.15, 0.2) is 0 Å². The summed E-state index contributed by atoms with van der Waals surface area (Å²) in [5.74, 6) is -3.94. The van der Waals surface area contributed by atoms with Gasteiger partial charge in [0.05, 0.1) is 18.5 Å². The highest BCUT2D eigenvalue weighted by molar-refractivity contribution is 5.96. The Kier molecular flexibility index (Phi) is 13.9. The Morgan fingerprint density at radius 2 is 1.47 bits per heavy atom. The van der Waals surface area contributed by atoms with Gasteiger partial charge in [-0.25, -0.2) is 0 Å². The van der Waals surface area contributed by atoms with Crippen molar-refractivity contribution in [2.75, 3.05) is 13.1 Å². The van der Waals surface area contributed by atoms with Gasteiger partial charge in [-0.15, -0.1) is 0 Å². The smallest absolute Gasteiger partial charge is 0.246 e. The Morgan fingerprint density at radius 3 is 1.97 bits per heavy atom. The lowest BCUT2D eigenvalue weighted by molar-refractivity contribution is -0.139. The van der Waals surface area contributed by atoms with Crippen LogP contribution in [0.25, 0.3) is 0 Å². The highest BCUT2D eigenvalue weighted by Gasteiger charge is 2.37. The lowest BCUT2D eigenvalue weighted by Gasteiger charge is -2.30. The number of carbonyl (C=O) groups excluding carboxylic acids is 6. The van der Waals surface area contributed by atoms with E-state index in [1.807, 2.05) is 0 Å². The van der Waals surface area contributed by atoms with Crippen LogP contribution in [0.2, 0.25) is 0 Å². The second-order valence-corrected chi connectivity index (χ2v) is 10.4. The van der Waals surface area contributed by atoms with Crippen LogP contribution in [-0.2, 0) is 28.8 Å². The van der Waals surface area contributed by atoms with E-state index in [9.17, 15) is 28.8 Å². The average molecular weight is 539 g/mol. The maximum absolute atomic E-state index is 13.2. The second kappa shape index (κ2) is 16.0. The molecular weight excluding hydrogens is 494 g/mol. The maximum atomic E-state index is 13.2. The lowest BCUT2D eigenvalue weighted by atomic mass is 9.98. The number of rotatable bonds is 16. The molecule has 1 fully saturated rings. The zero-order valence-electron chi connectivity index (χ0n) is 22.8. The summed E-state index contributed by atoms with van der Waals surface area (Å²) in [7, 11) is 0. The monoisotopic (exact) mass is 538 g/mol. The molecule has 9 N–H and O–H groups in total. The van der Waals surface area contributed by atoms with Crippen molar-refractivity contribution in [1.82, 2.24) is 20.9 Å². The van der Waals surface area contributed by atoms with Crippen LogP contribution in [0.15, 0.2) is 0 Å². The molecule has 13 heteroatoms. The largest absolute Gasteiger partial charge is 0.370 e. The minimum absolute atomic E-state index is 0.290. The number of likely N-dealkylation sites (tertiary alicyclic amines) is 1. The van der Waals surface area contributed by atoms with Gasteiger partial charge in [-0.1, -0.05) is 34.1 Å². The molecule has 1 aliphatic rings. The van der Waals surface area contributed by atoms with Crippen LogP contribution in [0.1, 0.15) is 66.2 Å². The maximum Gasteiger partial charge on any atom is 0.246 e. The number of hydrogen-bond donors (Lipinski definition) is 6. The number of carbonyl (C=O) groups is 5. The number of primary amides is 1. The molecule has 0 spiro atoms. The first-order valence-electron chi connectivity index (χ1n) is 13.2. The minimum Gasteiger partial charge on any atom is -0.370 e. The highest BCUT2D eigenvalue weighted by atomic mass is 16.2. The van der Waals surface area contributed by atoms with E-state index in [1.54, 1.807) is 34.0 Å². The van der Waals surface area contributed by atoms with Crippen LogP contribution >= 0.6 is 0 Å². The minimum atomic E-state index is -1.31. The van der Waals surface area contributed by atoms with E-state index in [0.29, 0.717) is 38.8 Å². The second-order valence-electron chi connectivity index (χ2n) is 10.4. The molecule has 1 rings (SSSR count). The molecule has 1 heterocycles. The lowest BCUT2D eigenvalue weighted by Crippen LogP contribution is -2.60. The van der Waals surface area contributed by atoms with Crippen LogP contribution in [0.4, 0.5) is 0 Å². The van der Waals surface area contributed by atoms with Crippen LogP contribution in [0.5, 0.6) is 0 Å². The zero-order chi connectivity index (χ0) is 29.0. The molecule has 5 amide bonds. The van der Waals surface area contributed by atoms with E-state index >= 15 is 0 Å². The van der Waals surface area contributed by atoms with Crippen LogP contribution in [-0.4, -0.2) is 84.0 Å². The molecule has 0 unspecified atom stereocenters. The summed E-state index contributed by atoms with van der Waals surface area (Å²) in [6, 6.07) is -4.92. The number of nitrogens with two attached hydrogens (primary N) is 3. The number of nitrogens with one attached hydrogen (secondary N) is 3. The third-order valence-corrected chi connectivity index (χ3v) is 6.49. The van der Waals surface area contributed by atoms with E-state index < -0.39 is 72.1 Å². The summed E-state index contributed by atoms with van der Waals surface area (Å²) < 4.78 is 0. The molecule has 38 heavy (non-hydrogen) atoms. The summed E-state index contributed by atoms with van der Waals surface area (Å²) in [5, 5.41) is 7.84. The third-order valence-electron chi connectivity index (χ3n) is 6.49. The molecule has 0 aromatic heterocycles. The zero-order valence-corrected chi connectivity index (χ0v) is 22.8. The molecule has 0 aliphatic carbocycles. The third kappa shape index (κ3) is 10.0. The van der Waals surface area contributed by atoms with E-state index in [-0.39, 0.29) is 5.92 Å². The molecule has 0 saturated carbocycles. The molecule has 0 aromatic rings. The quantitative estimate of drug-likeness (QED) is 0.123. The number of amides is 5. The first kappa shape index (κ1) is 33.0. The summed E-state index contributed by atoms with van der Waals surface area (Å²) in [6.07, 6.45) is 4.18. The average Bonchev–Trinajstić information content (AvgIpc) is 3.32. The fourth-order valence-electron chi connectivity index (χ4n) is 4.23. The SMILES string of the molecule is CC(C)[C@H](NC(=O)[C@@H](NC(=O)[C@@H](N)CCCCN)C(C)C)C(=O)N[C@@H](CC(N)=O)C(=O)N1CCC[C@H]1[C]=O. The van der Waals surface area contributed by atoms with Gasteiger partial charge in [0, 0.05) is 6.54 Å². The molecule has 215 valence electrons. The standard InChI is InChI=1S/C25H44N7O6/c1-14(2)20(31-24(37)21(15(3)4)30-22(35)17(27)9-5-6-10-26)23(36)29-18(12-19(28)34)25(38)32-11-7-8-16(32)13-33/h14-18,20-21H,5-12,26-27H2,1-4H3,(H2,28,34)(H,29,36)(H,30,35)(H,31,37)/t16-,17-,18-,20-,21-/m0/s1. The van der Waals surface area contributed by atoms with Crippen LogP contribution < -0.4 is 33.2 Å². The number of nitrogens with zero attached hydrogens (tertiary/aromatic N) is 1. The Balaban J connectivity index is 2.98. The molecule has 0 aromatic carbocycles. The van der Waals surface area contributed by atoms with Crippen molar-refractivity contribution in [2.24, 2.45) is 29.0 Å². The van der Waals surface area contributed by atoms with Gasteiger partial charge in [-0.05, 0) is 44.1 Å². The molecule has 1 saturated heterocycles. The van der Waals surface area contributed by atoms with E-state index in [0.717, 1.165) is 6.42 Å². The Labute approximate surface area is 224 Å². The predicted molar refractivity (Wildman–Crippen MR) is 141 cm³/mol. The molecule has 5 atom stereocenters. The molecule has 1 radical (unpaired) electrons. The summed E-state index contributed by atoms with van der Waals surface area (Å²) in [4.78, 5) is 76.1. The van der Waals surface area contributed by atoms with E-state index in [1.165, 1.54) is 4.90 Å². The molecule has 13 nitrogen and oxygen atoms in total. The molecule has 1 aliphatic heterocycles. The van der Waals surface area contributed by atoms with Crippen LogP contribution in [0, 0.1) is 11.8 Å². The van der Waals surface area contributed by atoms with Gasteiger partial charge in [-0.2, -0.15) is 0 Å². The van der Waals surface area contributed by atoms with E-state index in [4.69, 9.17) is 17.2 Å². The van der Waals surface area contributed by atoms with Crippen molar-refractivity contribution < 1.29 is 28.8 Å². The van der Waals surface area contributed by atoms with Gasteiger partial charge in [0.2, 0.25) is 35.8 Å². The van der Waals surface area contributed by atoms with Crippen molar-refractivity contribution in [2.45, 2.75) is 96.4 Å². The fourth-order valence-corrected chi connectivity index (χ4v) is 4.23. The summed E-state index contributed by atoms with van der Waals surface area (Å²) in [5.41, 5.74) is 16.7. The fraction of sp³-hybridized carbons (Fsp3) is 0.760. The predicted octanol–water partition coefficient (Wildman–Crippen LogP) is -1.81. The normalized spacial score (nSPS) is 18.4. The van der Waals surface area contributed by atoms with Crippen molar-refractivity contribution in [3.05, 3.63) is 0 Å². The van der Waals surface area contributed by atoms with Crippen LogP contribution in [0.3, 0.4) is 0 Å². The number of hydrogen-bond acceptors (Lipinski definition) is 8. The van der Waals surface area contributed by atoms with Gasteiger partial charge in [0.25, 0.3) is 0 Å². The van der Waals surface area contributed by atoms with Gasteiger partial charge < -0.3 is 38.1 Å². The van der Waals surface area contributed by atoms with Gasteiger partial charge >= 0.3 is 0 Å². The van der Waals surface area contributed by atoms with Gasteiger partial charge in [-0.3, -0.25) is 28.8 Å². The van der Waals surface area contributed by atoms with Crippen molar-refractivity contribution in [1.29, 1.82) is 0 Å². The highest BCUT2D eigenvalue weighted by Crippen LogP contribution is 2.18. The summed E-state index contributed by atoms with van der Waals surface area (Å²) >= 11 is 0. The summed E-state index contributed by atoms with van der Waals surface area (Å²) in [6.45, 7) is 7.66. The number of unbranched alkanes of at least 4 members (excludes halogenated alkanes) is 1. The Morgan fingerprint density at radius 1 is 0.921 bits per heavy atom. The van der Waals surface area contributed by atoms with Crippen molar-refractivity contribution in [3.63, 3.8) is 0 Å². The Hall–Kier alpha value is -3.06. The topological polar surface area (TPSA) is 220 Å². The molecule has 0 bridgehead atoms. The first-order chi connectivity index (χ1) is 17.8. The van der Waals surface area contributed by atoms with Crippen molar-refractivity contribution in [3.8, 4) is 0 Å². The van der Waals surface area contributed by atoms with Crippen molar-refractivity contribution >= 4 is 35.8 Å².